The maximum atomic E-state index is 15.0. The Morgan fingerprint density at radius 2 is 1.75 bits per heavy atom. The van der Waals surface area contributed by atoms with Gasteiger partial charge in [0.15, 0.2) is 17.3 Å². The fourth-order valence-corrected chi connectivity index (χ4v) is 8.78. The third-order valence-corrected chi connectivity index (χ3v) is 11.8. The van der Waals surface area contributed by atoms with Crippen LogP contribution in [0.1, 0.15) is 85.6 Å². The van der Waals surface area contributed by atoms with E-state index in [0.29, 0.717) is 36.3 Å². The molecule has 9 N–H and O–H groups in total. The molecule has 1 saturated carbocycles. The number of carbonyl (C=O) groups is 3. The molecule has 7 atom stereocenters. The maximum Gasteiger partial charge on any atom is 0.185 e. The second-order valence-electron chi connectivity index (χ2n) is 15.4. The van der Waals surface area contributed by atoms with E-state index in [2.05, 4.69) is 9.97 Å². The Hall–Kier alpha value is -4.26. The lowest BCUT2D eigenvalue weighted by atomic mass is 9.57. The average molecular weight is 724 g/mol. The van der Waals surface area contributed by atoms with Gasteiger partial charge >= 0.3 is 0 Å². The normalized spacial score (nSPS) is 21.1. The molecule has 4 aromatic rings. The van der Waals surface area contributed by atoms with Crippen LogP contribution >= 0.6 is 0 Å². The van der Waals surface area contributed by atoms with Crippen molar-refractivity contribution < 1.29 is 29.3 Å². The number of ether oxygens (including phenoxy) is 1. The summed E-state index contributed by atoms with van der Waals surface area (Å²) >= 11 is 0. The lowest BCUT2D eigenvalue weighted by Crippen LogP contribution is -2.66. The molecular weight excluding hydrogens is 670 g/mol. The van der Waals surface area contributed by atoms with Gasteiger partial charge in [-0.05, 0) is 59.7 Å². The highest BCUT2D eigenvalue weighted by molar-refractivity contribution is 6.11. The zero-order valence-electron chi connectivity index (χ0n) is 30.6. The Morgan fingerprint density at radius 3 is 2.47 bits per heavy atom. The number of nitrogens with two attached hydrogens (primary N) is 3. The second kappa shape index (κ2) is 16.4. The van der Waals surface area contributed by atoms with E-state index in [1.54, 1.807) is 30.5 Å². The monoisotopic (exact) mass is 723 g/mol. The van der Waals surface area contributed by atoms with Crippen LogP contribution in [-0.4, -0.2) is 68.4 Å². The van der Waals surface area contributed by atoms with Crippen molar-refractivity contribution in [2.75, 3.05) is 6.61 Å². The highest BCUT2D eigenvalue weighted by Crippen LogP contribution is 2.45. The van der Waals surface area contributed by atoms with E-state index in [1.165, 1.54) is 6.33 Å². The average Bonchev–Trinajstić information content (AvgIpc) is 3.78. The largest absolute Gasteiger partial charge is 0.485 e. The third kappa shape index (κ3) is 7.72. The number of aromatic nitrogens is 2. The molecule has 0 radical (unpaired) electrons. The number of aliphatic hydroxyl groups is 2. The van der Waals surface area contributed by atoms with Gasteiger partial charge in [0.2, 0.25) is 0 Å². The van der Waals surface area contributed by atoms with Gasteiger partial charge in [0.1, 0.15) is 17.8 Å². The minimum absolute atomic E-state index is 0.0703. The highest BCUT2D eigenvalue weighted by Gasteiger charge is 2.58. The van der Waals surface area contributed by atoms with Crippen molar-refractivity contribution in [1.82, 2.24) is 9.97 Å². The summed E-state index contributed by atoms with van der Waals surface area (Å²) in [4.78, 5) is 51.3. The smallest absolute Gasteiger partial charge is 0.185 e. The van der Waals surface area contributed by atoms with Crippen molar-refractivity contribution in [3.8, 4) is 5.75 Å². The molecule has 11 nitrogen and oxygen atoms in total. The number of hydrogen-bond acceptors (Lipinski definition) is 10. The molecule has 1 aromatic heterocycles. The molecule has 0 saturated heterocycles. The summed E-state index contributed by atoms with van der Waals surface area (Å²) in [5, 5.41) is 24.2. The molecule has 1 heterocycles. The van der Waals surface area contributed by atoms with E-state index in [9.17, 15) is 19.8 Å². The van der Waals surface area contributed by atoms with Gasteiger partial charge in [0, 0.05) is 35.9 Å². The van der Waals surface area contributed by atoms with Crippen molar-refractivity contribution in [3.63, 3.8) is 0 Å². The summed E-state index contributed by atoms with van der Waals surface area (Å²) in [7, 11) is 0. The van der Waals surface area contributed by atoms with Crippen LogP contribution in [0.4, 0.5) is 0 Å². The number of benzene rings is 3. The molecule has 6 rings (SSSR count). The van der Waals surface area contributed by atoms with E-state index < -0.39 is 65.8 Å². The fourth-order valence-electron chi connectivity index (χ4n) is 8.78. The van der Waals surface area contributed by atoms with Gasteiger partial charge in [-0.25, -0.2) is 4.98 Å². The number of Topliss-reactive ketones (excluding diaryl/α,β-unsaturated/α-hetero) is 3. The number of hydrogen-bond donors (Lipinski definition) is 6. The third-order valence-electron chi connectivity index (χ3n) is 11.8. The van der Waals surface area contributed by atoms with Crippen LogP contribution in [0.15, 0.2) is 73.2 Å². The van der Waals surface area contributed by atoms with Gasteiger partial charge in [-0.3, -0.25) is 14.4 Å². The van der Waals surface area contributed by atoms with Gasteiger partial charge in [-0.2, -0.15) is 0 Å². The number of fused-ring (bicyclic) bond motifs is 2. The van der Waals surface area contributed by atoms with Crippen LogP contribution in [0, 0.1) is 23.2 Å². The number of H-pyrrole nitrogens is 1. The van der Waals surface area contributed by atoms with Crippen LogP contribution in [-0.2, 0) is 22.4 Å². The molecule has 0 aliphatic heterocycles. The van der Waals surface area contributed by atoms with Crippen molar-refractivity contribution in [2.24, 2.45) is 40.4 Å². The first-order valence-corrected chi connectivity index (χ1v) is 18.9. The summed E-state index contributed by atoms with van der Waals surface area (Å²) in [5.74, 6) is -2.18. The van der Waals surface area contributed by atoms with E-state index in [4.69, 9.17) is 21.9 Å². The van der Waals surface area contributed by atoms with Crippen molar-refractivity contribution in [3.05, 3.63) is 95.6 Å². The zero-order chi connectivity index (χ0) is 37.9. The predicted octanol–water partition coefficient (Wildman–Crippen LogP) is 4.37. The topological polar surface area (TPSA) is 208 Å². The first-order valence-electron chi connectivity index (χ1n) is 18.9. The highest BCUT2D eigenvalue weighted by atomic mass is 16.5. The fraction of sp³-hybridized carbons (Fsp3) is 0.476. The quantitative estimate of drug-likeness (QED) is 0.0711. The number of aromatic amines is 1. The van der Waals surface area contributed by atoms with Crippen molar-refractivity contribution in [1.29, 1.82) is 0 Å². The number of nitrogens with zero attached hydrogens (tertiary/aromatic N) is 1. The number of nitrogens with one attached hydrogen (secondary N) is 1. The Bertz CT molecular complexity index is 1900. The Kier molecular flexibility index (Phi) is 11.9. The van der Waals surface area contributed by atoms with Crippen LogP contribution < -0.4 is 21.9 Å². The lowest BCUT2D eigenvalue weighted by molar-refractivity contribution is -0.153. The lowest BCUT2D eigenvalue weighted by Gasteiger charge is -2.46. The molecule has 53 heavy (non-hydrogen) atoms. The molecule has 0 spiro atoms. The Labute approximate surface area is 310 Å². The maximum absolute atomic E-state index is 15.0. The van der Waals surface area contributed by atoms with Crippen molar-refractivity contribution in [2.45, 2.75) is 95.5 Å². The van der Waals surface area contributed by atoms with Crippen LogP contribution in [0.3, 0.4) is 0 Å². The number of aliphatic hydroxyl groups excluding tert-OH is 2. The number of carbonyl (C=O) groups excluding carboxylic acids is 3. The van der Waals surface area contributed by atoms with Gasteiger partial charge in [-0.15, -0.1) is 0 Å². The summed E-state index contributed by atoms with van der Waals surface area (Å²) in [6, 6.07) is 15.5. The molecule has 3 aromatic carbocycles. The second-order valence-corrected chi connectivity index (χ2v) is 15.4. The van der Waals surface area contributed by atoms with Gasteiger partial charge < -0.3 is 37.1 Å². The summed E-state index contributed by atoms with van der Waals surface area (Å²) in [5.41, 5.74) is 20.7. The van der Waals surface area contributed by atoms with Gasteiger partial charge in [-0.1, -0.05) is 81.6 Å². The molecule has 0 bridgehead atoms. The minimum Gasteiger partial charge on any atom is -0.485 e. The van der Waals surface area contributed by atoms with E-state index in [0.717, 1.165) is 41.2 Å². The summed E-state index contributed by atoms with van der Waals surface area (Å²) < 4.78 is 6.23. The number of ketones is 3. The van der Waals surface area contributed by atoms with Crippen LogP contribution in [0.25, 0.3) is 10.8 Å². The van der Waals surface area contributed by atoms with Crippen LogP contribution in [0.2, 0.25) is 0 Å². The Balaban J connectivity index is 1.35. The SMILES string of the molecule is CC(C)C(CC(O)C(N)C(C(=O)COc1cccc2ccccc12)(C(=O)[C@@H](N)Cc1c[nH]cn1)C1CCCCC1)C(=O)c1ccc2c(c1)C[C@@H](O)[C@H]2N. The van der Waals surface area contributed by atoms with Gasteiger partial charge in [0.25, 0.3) is 0 Å². The predicted molar refractivity (Wildman–Crippen MR) is 203 cm³/mol. The first kappa shape index (κ1) is 38.5. The zero-order valence-corrected chi connectivity index (χ0v) is 30.6. The molecule has 2 aliphatic rings. The Morgan fingerprint density at radius 1 is 1.02 bits per heavy atom. The van der Waals surface area contributed by atoms with E-state index in [1.807, 2.05) is 50.2 Å². The summed E-state index contributed by atoms with van der Waals surface area (Å²) in [6.45, 7) is 3.34. The standard InChI is InChI=1S/C42H53N5O6/c1-24(2)32(39(51)26-15-16-31-27(17-26)18-34(48)38(31)44)20-35(49)40(45)42(28-11-4-3-5-12-28,41(52)33(43)19-29-21-46-23-47-29)37(50)22-53-36-14-8-10-25-9-6-7-13-30(25)36/h6-10,13-17,21,23-24,28,32-35,38,40,48-49H,3-5,11-12,18-20,22,43-45H2,1-2H3,(H,46,47)/t32?,33-,34+,35?,38-,40?,42?/m0/s1. The molecule has 4 unspecified atom stereocenters. The number of rotatable bonds is 16. The van der Waals surface area contributed by atoms with Gasteiger partial charge in [0.05, 0.1) is 42.4 Å². The molecule has 11 heteroatoms. The molecular formula is C42H53N5O6. The molecule has 282 valence electrons. The number of imidazole rings is 1. The van der Waals surface area contributed by atoms with Crippen LogP contribution in [0.5, 0.6) is 5.75 Å². The van der Waals surface area contributed by atoms with Crippen molar-refractivity contribution >= 4 is 28.1 Å². The first-order chi connectivity index (χ1) is 25.4. The molecule has 1 fully saturated rings. The summed E-state index contributed by atoms with van der Waals surface area (Å²) in [6.07, 6.45) is 5.00. The van der Waals surface area contributed by atoms with E-state index >= 15 is 4.79 Å². The minimum atomic E-state index is -1.90. The van der Waals surface area contributed by atoms with E-state index in [-0.39, 0.29) is 24.5 Å². The molecule has 0 amide bonds. The molecule has 2 aliphatic carbocycles.